The summed E-state index contributed by atoms with van der Waals surface area (Å²) in [5, 5.41) is 10.4. The molecule has 1 aliphatic heterocycles. The van der Waals surface area contributed by atoms with Gasteiger partial charge in [-0.05, 0) is 62.8 Å². The van der Waals surface area contributed by atoms with Crippen molar-refractivity contribution in [3.05, 3.63) is 71.1 Å². The first kappa shape index (κ1) is 28.6. The van der Waals surface area contributed by atoms with Crippen LogP contribution in [0.15, 0.2) is 54.6 Å². The Morgan fingerprint density at radius 3 is 2.52 bits per heavy atom. The third-order valence-electron chi connectivity index (χ3n) is 6.62. The Hall–Kier alpha value is -2.89. The van der Waals surface area contributed by atoms with Crippen molar-refractivity contribution < 1.29 is 22.6 Å². The molecule has 5 rings (SSSR count). The zero-order chi connectivity index (χ0) is 28.8. The zero-order valence-corrected chi connectivity index (χ0v) is 24.1. The third kappa shape index (κ3) is 5.91. The van der Waals surface area contributed by atoms with E-state index in [1.165, 1.54) is 23.7 Å². The number of amides is 1. The van der Waals surface area contributed by atoms with Crippen LogP contribution in [0.25, 0.3) is 33.2 Å². The molecule has 1 amide bonds. The SMILES string of the molecule is CC(=O)c1nn(C[SH](=O)(Cl)Cl)c2cc(-c3ccc(Cl)c(-c4cccc(NC(=O)[C@@H]5C[C@@H](F)CN5)c4F)c3)ccc12. The van der Waals surface area contributed by atoms with Gasteiger partial charge in [0, 0.05) is 41.4 Å². The molecule has 40 heavy (non-hydrogen) atoms. The quantitative estimate of drug-likeness (QED) is 0.127. The molecule has 7 nitrogen and oxygen atoms in total. The molecule has 4 aromatic rings. The largest absolute Gasteiger partial charge is 0.322 e. The Bertz CT molecular complexity index is 1710. The van der Waals surface area contributed by atoms with Crippen molar-refractivity contribution in [2.45, 2.75) is 31.4 Å². The standard InChI is InChI=1S/C27H23Cl3F2N4O3S/c1-14(37)26-19-7-5-16(10-24(19)36(35-26)13-40(29,30)39)15-6-8-21(28)20(9-15)18-3-2-4-22(25(18)32)34-27(38)23-11-17(31)12-33-23/h2-10,17,23,33,40H,11-13H2,1H3,(H,34,38)/t17-,23+/m1/s1. The fourth-order valence-corrected chi connectivity index (χ4v) is 6.09. The number of benzene rings is 3. The lowest BCUT2D eigenvalue weighted by Gasteiger charge is -2.15. The number of Topliss-reactive ketones (excluding diaryl/α,β-unsaturated/α-hetero) is 1. The Kier molecular flexibility index (Phi) is 8.00. The number of aromatic nitrogens is 2. The number of halogens is 5. The molecule has 2 heterocycles. The third-order valence-corrected chi connectivity index (χ3v) is 8.19. The van der Waals surface area contributed by atoms with Crippen molar-refractivity contribution in [3.8, 4) is 22.3 Å². The van der Waals surface area contributed by atoms with Crippen LogP contribution in [0, 0.1) is 5.82 Å². The minimum atomic E-state index is -3.56. The van der Waals surface area contributed by atoms with Gasteiger partial charge in [0.2, 0.25) is 5.91 Å². The van der Waals surface area contributed by atoms with Crippen LogP contribution in [-0.4, -0.2) is 44.4 Å². The summed E-state index contributed by atoms with van der Waals surface area (Å²) < 4.78 is 42.6. The highest BCUT2D eigenvalue weighted by Gasteiger charge is 2.30. The number of thiol groups is 1. The van der Waals surface area contributed by atoms with Gasteiger partial charge in [0.25, 0.3) is 0 Å². The van der Waals surface area contributed by atoms with E-state index in [4.69, 9.17) is 33.0 Å². The Morgan fingerprint density at radius 2 is 1.85 bits per heavy atom. The van der Waals surface area contributed by atoms with Crippen molar-refractivity contribution in [3.63, 3.8) is 0 Å². The highest BCUT2D eigenvalue weighted by molar-refractivity contribution is 8.39. The van der Waals surface area contributed by atoms with Crippen LogP contribution in [0.5, 0.6) is 0 Å². The lowest BCUT2D eigenvalue weighted by Crippen LogP contribution is -2.35. The first-order chi connectivity index (χ1) is 18.9. The predicted molar refractivity (Wildman–Crippen MR) is 157 cm³/mol. The monoisotopic (exact) mass is 626 g/mol. The van der Waals surface area contributed by atoms with E-state index in [0.29, 0.717) is 27.6 Å². The number of nitrogens with zero attached hydrogens (tertiary/aromatic N) is 2. The van der Waals surface area contributed by atoms with Crippen LogP contribution in [0.1, 0.15) is 23.8 Å². The van der Waals surface area contributed by atoms with E-state index in [1.807, 2.05) is 0 Å². The smallest absolute Gasteiger partial charge is 0.241 e. The van der Waals surface area contributed by atoms with Crippen molar-refractivity contribution in [2.75, 3.05) is 11.9 Å². The highest BCUT2D eigenvalue weighted by Crippen LogP contribution is 2.37. The molecule has 0 spiro atoms. The van der Waals surface area contributed by atoms with Crippen LogP contribution in [-0.2, 0) is 19.0 Å². The first-order valence-electron chi connectivity index (χ1n) is 12.2. The fourth-order valence-electron chi connectivity index (χ4n) is 4.74. The van der Waals surface area contributed by atoms with Gasteiger partial charge >= 0.3 is 0 Å². The van der Waals surface area contributed by atoms with Gasteiger partial charge in [-0.3, -0.25) is 18.5 Å². The second-order valence-corrected chi connectivity index (χ2v) is 15.1. The molecule has 210 valence electrons. The molecule has 2 N–H and O–H groups in total. The molecule has 3 aromatic carbocycles. The normalized spacial score (nSPS) is 17.8. The summed E-state index contributed by atoms with van der Waals surface area (Å²) in [7, 11) is 8.04. The molecule has 0 unspecified atom stereocenters. The van der Waals surface area contributed by atoms with Gasteiger partial charge in [-0.25, -0.2) is 8.78 Å². The number of carbonyl (C=O) groups excluding carboxylic acids is 2. The number of hydrogen-bond acceptors (Lipinski definition) is 5. The molecule has 1 fully saturated rings. The summed E-state index contributed by atoms with van der Waals surface area (Å²) in [5.41, 5.74) is 2.50. The molecule has 0 aliphatic carbocycles. The number of rotatable bonds is 7. The van der Waals surface area contributed by atoms with Gasteiger partial charge in [-0.1, -0.05) is 35.9 Å². The van der Waals surface area contributed by atoms with Gasteiger partial charge < -0.3 is 10.6 Å². The predicted octanol–water partition coefficient (Wildman–Crippen LogP) is 6.29. The van der Waals surface area contributed by atoms with Crippen LogP contribution >= 0.6 is 33.0 Å². The number of nitrogens with one attached hydrogen (secondary N) is 2. The van der Waals surface area contributed by atoms with Crippen LogP contribution in [0.2, 0.25) is 5.02 Å². The number of anilines is 1. The summed E-state index contributed by atoms with van der Waals surface area (Å²) in [5.74, 6) is -1.78. The van der Waals surface area contributed by atoms with E-state index >= 15 is 4.39 Å². The number of ketones is 1. The molecule has 2 atom stereocenters. The Balaban J connectivity index is 1.53. The molecule has 1 aliphatic rings. The van der Waals surface area contributed by atoms with Gasteiger partial charge in [-0.15, -0.1) is 0 Å². The molecule has 0 bridgehead atoms. The topological polar surface area (TPSA) is 93.1 Å². The summed E-state index contributed by atoms with van der Waals surface area (Å²) in [6.07, 6.45) is -1.11. The maximum atomic E-state index is 15.6. The maximum Gasteiger partial charge on any atom is 0.241 e. The summed E-state index contributed by atoms with van der Waals surface area (Å²) in [6.45, 7) is 1.45. The Labute approximate surface area is 243 Å². The fraction of sp³-hybridized carbons (Fsp3) is 0.222. The second-order valence-electron chi connectivity index (χ2n) is 9.49. The highest BCUT2D eigenvalue weighted by atomic mass is 36.0. The molecule has 13 heteroatoms. The number of hydrogen-bond donors (Lipinski definition) is 3. The molecular weight excluding hydrogens is 605 g/mol. The molecule has 1 saturated heterocycles. The molecular formula is C27H23Cl3F2N4O3S. The molecule has 1 aromatic heterocycles. The van der Waals surface area contributed by atoms with Crippen LogP contribution in [0.3, 0.4) is 0 Å². The minimum absolute atomic E-state index is 0.0194. The zero-order valence-electron chi connectivity index (χ0n) is 20.9. The van der Waals surface area contributed by atoms with Crippen molar-refractivity contribution in [1.29, 1.82) is 0 Å². The van der Waals surface area contributed by atoms with E-state index in [1.54, 1.807) is 42.5 Å². The summed E-state index contributed by atoms with van der Waals surface area (Å²) in [4.78, 5) is 24.7. The van der Waals surface area contributed by atoms with Gasteiger partial charge in [0.05, 0.1) is 25.6 Å². The Morgan fingerprint density at radius 1 is 1.12 bits per heavy atom. The number of alkyl halides is 1. The van der Waals surface area contributed by atoms with E-state index in [0.717, 1.165) is 0 Å². The minimum Gasteiger partial charge on any atom is -0.322 e. The number of fused-ring (bicyclic) bond motifs is 1. The van der Waals surface area contributed by atoms with E-state index < -0.39 is 32.3 Å². The molecule has 0 radical (unpaired) electrons. The van der Waals surface area contributed by atoms with E-state index in [-0.39, 0.29) is 46.6 Å². The maximum absolute atomic E-state index is 15.6. The number of carbonyl (C=O) groups is 2. The van der Waals surface area contributed by atoms with E-state index in [2.05, 4.69) is 15.7 Å². The average Bonchev–Trinajstić information content (AvgIpc) is 3.48. The van der Waals surface area contributed by atoms with Crippen molar-refractivity contribution in [2.24, 2.45) is 0 Å². The lowest BCUT2D eigenvalue weighted by molar-refractivity contribution is -0.117. The second kappa shape index (κ2) is 11.2. The van der Waals surface area contributed by atoms with Gasteiger partial charge in [-0.2, -0.15) is 5.10 Å². The average molecular weight is 628 g/mol. The summed E-state index contributed by atoms with van der Waals surface area (Å²) >= 11 is 6.48. The summed E-state index contributed by atoms with van der Waals surface area (Å²) in [6, 6.07) is 14.1. The van der Waals surface area contributed by atoms with Crippen LogP contribution < -0.4 is 10.6 Å². The van der Waals surface area contributed by atoms with Gasteiger partial charge in [0.15, 0.2) is 11.6 Å². The van der Waals surface area contributed by atoms with Crippen LogP contribution in [0.4, 0.5) is 14.5 Å². The molecule has 0 saturated carbocycles. The van der Waals surface area contributed by atoms with Crippen molar-refractivity contribution >= 4 is 69.6 Å². The lowest BCUT2D eigenvalue weighted by atomic mass is 9.97. The van der Waals surface area contributed by atoms with E-state index in [9.17, 15) is 18.2 Å². The van der Waals surface area contributed by atoms with Gasteiger partial charge in [0.1, 0.15) is 17.7 Å². The first-order valence-corrected chi connectivity index (χ1v) is 16.3. The van der Waals surface area contributed by atoms with Crippen molar-refractivity contribution in [1.82, 2.24) is 15.1 Å².